The van der Waals surface area contributed by atoms with E-state index in [1.165, 1.54) is 24.0 Å². The third-order valence-corrected chi connectivity index (χ3v) is 8.20. The molecule has 0 bridgehead atoms. The van der Waals surface area contributed by atoms with E-state index in [0.29, 0.717) is 30.8 Å². The Morgan fingerprint density at radius 3 is 2.46 bits per heavy atom. The number of likely N-dealkylation sites (tertiary alicyclic amines) is 1. The second-order valence-electron chi connectivity index (χ2n) is 11.9. The summed E-state index contributed by atoms with van der Waals surface area (Å²) in [6.45, 7) is 10.5. The highest BCUT2D eigenvalue weighted by molar-refractivity contribution is 5.90. The molecule has 3 fully saturated rings. The molecule has 1 aliphatic heterocycles. The van der Waals surface area contributed by atoms with E-state index in [9.17, 15) is 9.59 Å². The van der Waals surface area contributed by atoms with Gasteiger partial charge in [-0.25, -0.2) is 0 Å². The first-order valence-corrected chi connectivity index (χ1v) is 13.9. The minimum absolute atomic E-state index is 0.0382. The van der Waals surface area contributed by atoms with Crippen LogP contribution in [0.25, 0.3) is 0 Å². The molecule has 1 aromatic carbocycles. The Balaban J connectivity index is 1.43. The fourth-order valence-electron chi connectivity index (χ4n) is 6.04. The fourth-order valence-corrected chi connectivity index (χ4v) is 6.04. The van der Waals surface area contributed by atoms with Crippen molar-refractivity contribution in [1.82, 2.24) is 15.1 Å². The lowest BCUT2D eigenvalue weighted by Crippen LogP contribution is -2.47. The molecule has 2 saturated carbocycles. The highest BCUT2D eigenvalue weighted by atomic mass is 16.2. The van der Waals surface area contributed by atoms with E-state index in [4.69, 9.17) is 5.73 Å². The van der Waals surface area contributed by atoms with Gasteiger partial charge in [-0.2, -0.15) is 0 Å². The van der Waals surface area contributed by atoms with E-state index in [1.54, 1.807) is 0 Å². The monoisotopic (exact) mass is 482 g/mol. The molecule has 0 aromatic heterocycles. The molecule has 1 aromatic rings. The second kappa shape index (κ2) is 11.9. The second-order valence-corrected chi connectivity index (χ2v) is 11.9. The largest absolute Gasteiger partial charge is 0.354 e. The van der Waals surface area contributed by atoms with Crippen molar-refractivity contribution in [3.8, 4) is 0 Å². The summed E-state index contributed by atoms with van der Waals surface area (Å²) in [6.07, 6.45) is 7.33. The molecular weight excluding hydrogens is 436 g/mol. The molecule has 0 radical (unpaired) electrons. The standard InChI is InChI=1S/C29H46N4O2/c1-20(2)17-32(18-22-9-7-21(3)8-10-22)26-14-27(33(19-26)29(35)25-11-12-25)28(34)31-16-24-6-4-5-23(13-24)15-30/h7-10,20,23-27H,4-6,11-19,30H2,1-3H3,(H,31,34). The lowest BCUT2D eigenvalue weighted by atomic mass is 9.81. The Hall–Kier alpha value is -1.92. The maximum absolute atomic E-state index is 13.4. The molecule has 3 N–H and O–H groups in total. The number of amides is 2. The van der Waals surface area contributed by atoms with E-state index in [2.05, 4.69) is 55.3 Å². The number of carbonyl (C=O) groups excluding carboxylic acids is 2. The van der Waals surface area contributed by atoms with Crippen molar-refractivity contribution in [3.63, 3.8) is 0 Å². The average Bonchev–Trinajstić information content (AvgIpc) is 3.61. The molecule has 4 atom stereocenters. The summed E-state index contributed by atoms with van der Waals surface area (Å²) in [5.74, 6) is 1.96. The highest BCUT2D eigenvalue weighted by Gasteiger charge is 2.45. The number of nitrogens with two attached hydrogens (primary N) is 1. The molecule has 35 heavy (non-hydrogen) atoms. The van der Waals surface area contributed by atoms with E-state index in [0.717, 1.165) is 51.7 Å². The summed E-state index contributed by atoms with van der Waals surface area (Å²) in [7, 11) is 0. The fraction of sp³-hybridized carbons (Fsp3) is 0.724. The Labute approximate surface area is 212 Å². The molecule has 0 spiro atoms. The predicted molar refractivity (Wildman–Crippen MR) is 141 cm³/mol. The van der Waals surface area contributed by atoms with Crippen molar-refractivity contribution in [1.29, 1.82) is 0 Å². The van der Waals surface area contributed by atoms with Gasteiger partial charge in [0.1, 0.15) is 6.04 Å². The minimum atomic E-state index is -0.352. The first-order chi connectivity index (χ1) is 16.8. The smallest absolute Gasteiger partial charge is 0.242 e. The normalized spacial score (nSPS) is 27.0. The Morgan fingerprint density at radius 1 is 1.09 bits per heavy atom. The number of nitrogens with zero attached hydrogens (tertiary/aromatic N) is 2. The van der Waals surface area contributed by atoms with Gasteiger partial charge in [-0.3, -0.25) is 14.5 Å². The summed E-state index contributed by atoms with van der Waals surface area (Å²) in [5.41, 5.74) is 8.46. The third-order valence-electron chi connectivity index (χ3n) is 8.20. The van der Waals surface area contributed by atoms with Gasteiger partial charge in [0.15, 0.2) is 0 Å². The van der Waals surface area contributed by atoms with E-state index in [-0.39, 0.29) is 29.8 Å². The zero-order chi connectivity index (χ0) is 24.9. The lowest BCUT2D eigenvalue weighted by molar-refractivity contribution is -0.139. The summed E-state index contributed by atoms with van der Waals surface area (Å²) >= 11 is 0. The van der Waals surface area contributed by atoms with Crippen molar-refractivity contribution in [2.75, 3.05) is 26.2 Å². The number of carbonyl (C=O) groups is 2. The van der Waals surface area contributed by atoms with Crippen LogP contribution >= 0.6 is 0 Å². The van der Waals surface area contributed by atoms with E-state index >= 15 is 0 Å². The first kappa shape index (κ1) is 26.2. The van der Waals surface area contributed by atoms with Crippen molar-refractivity contribution >= 4 is 11.8 Å². The Bertz CT molecular complexity index is 851. The molecule has 194 valence electrons. The summed E-state index contributed by atoms with van der Waals surface area (Å²) in [5, 5.41) is 3.25. The van der Waals surface area contributed by atoms with E-state index < -0.39 is 0 Å². The highest BCUT2D eigenvalue weighted by Crippen LogP contribution is 2.35. The summed E-state index contributed by atoms with van der Waals surface area (Å²) < 4.78 is 0. The van der Waals surface area contributed by atoms with Crippen LogP contribution in [-0.2, 0) is 16.1 Å². The van der Waals surface area contributed by atoms with Gasteiger partial charge in [0.2, 0.25) is 11.8 Å². The van der Waals surface area contributed by atoms with Gasteiger partial charge in [-0.05, 0) is 75.3 Å². The number of rotatable bonds is 10. The van der Waals surface area contributed by atoms with Crippen LogP contribution in [0.4, 0.5) is 0 Å². The Kier molecular flexibility index (Phi) is 8.87. The molecule has 3 aliphatic rings. The number of benzene rings is 1. The Morgan fingerprint density at radius 2 is 1.80 bits per heavy atom. The van der Waals surface area contributed by atoms with Gasteiger partial charge in [-0.1, -0.05) is 50.1 Å². The van der Waals surface area contributed by atoms with Crippen LogP contribution in [0.2, 0.25) is 0 Å². The minimum Gasteiger partial charge on any atom is -0.354 e. The van der Waals surface area contributed by atoms with Crippen LogP contribution < -0.4 is 11.1 Å². The van der Waals surface area contributed by atoms with Crippen LogP contribution in [0.5, 0.6) is 0 Å². The van der Waals surface area contributed by atoms with Crippen LogP contribution in [0.3, 0.4) is 0 Å². The van der Waals surface area contributed by atoms with Crippen LogP contribution in [0.1, 0.15) is 69.9 Å². The number of hydrogen-bond acceptors (Lipinski definition) is 4. The lowest BCUT2D eigenvalue weighted by Gasteiger charge is -2.30. The molecule has 1 heterocycles. The van der Waals surface area contributed by atoms with Crippen LogP contribution in [0.15, 0.2) is 24.3 Å². The summed E-state index contributed by atoms with van der Waals surface area (Å²) in [4.78, 5) is 31.1. The topological polar surface area (TPSA) is 78.7 Å². The van der Waals surface area contributed by atoms with Gasteiger partial charge in [0.25, 0.3) is 0 Å². The zero-order valence-corrected chi connectivity index (χ0v) is 22.0. The molecular formula is C29H46N4O2. The van der Waals surface area contributed by atoms with Gasteiger partial charge in [0, 0.05) is 38.1 Å². The molecule has 4 unspecified atom stereocenters. The molecule has 6 heteroatoms. The predicted octanol–water partition coefficient (Wildman–Crippen LogP) is 3.71. The van der Waals surface area contributed by atoms with Crippen molar-refractivity contribution in [2.45, 2.75) is 84.3 Å². The SMILES string of the molecule is Cc1ccc(CN(CC(C)C)C2CC(C(=O)NCC3CCCC(CN)C3)N(C(=O)C3CC3)C2)cc1. The number of nitrogens with one attached hydrogen (secondary N) is 1. The maximum atomic E-state index is 13.4. The van der Waals surface area contributed by atoms with Crippen molar-refractivity contribution < 1.29 is 9.59 Å². The quantitative estimate of drug-likeness (QED) is 0.533. The molecule has 4 rings (SSSR count). The molecule has 6 nitrogen and oxygen atoms in total. The van der Waals surface area contributed by atoms with Crippen molar-refractivity contribution in [2.24, 2.45) is 29.4 Å². The van der Waals surface area contributed by atoms with Crippen molar-refractivity contribution in [3.05, 3.63) is 35.4 Å². The zero-order valence-electron chi connectivity index (χ0n) is 22.0. The summed E-state index contributed by atoms with van der Waals surface area (Å²) in [6, 6.07) is 8.58. The van der Waals surface area contributed by atoms with Gasteiger partial charge in [0.05, 0.1) is 0 Å². The number of hydrogen-bond donors (Lipinski definition) is 2. The third kappa shape index (κ3) is 7.07. The maximum Gasteiger partial charge on any atom is 0.242 e. The number of aryl methyl sites for hydroxylation is 1. The molecule has 2 aliphatic carbocycles. The van der Waals surface area contributed by atoms with Gasteiger partial charge < -0.3 is 16.0 Å². The molecule has 1 saturated heterocycles. The van der Waals surface area contributed by atoms with E-state index in [1.807, 2.05) is 4.90 Å². The molecule has 2 amide bonds. The van der Waals surface area contributed by atoms with Crippen LogP contribution in [-0.4, -0.2) is 59.9 Å². The first-order valence-electron chi connectivity index (χ1n) is 13.9. The van der Waals surface area contributed by atoms with Gasteiger partial charge in [-0.15, -0.1) is 0 Å². The van der Waals surface area contributed by atoms with Crippen LogP contribution in [0, 0.1) is 30.6 Å². The van der Waals surface area contributed by atoms with Gasteiger partial charge >= 0.3 is 0 Å². The average molecular weight is 483 g/mol.